The summed E-state index contributed by atoms with van der Waals surface area (Å²) in [6.07, 6.45) is -3.97. The maximum absolute atomic E-state index is 15.4. The molecule has 0 bridgehead atoms. The minimum atomic E-state index is -3.75. The fourth-order valence-corrected chi connectivity index (χ4v) is 5.53. The number of amides is 1. The second kappa shape index (κ2) is 8.36. The highest BCUT2D eigenvalue weighted by molar-refractivity contribution is 6.03. The molecule has 3 heterocycles. The molecule has 2 atom stereocenters. The van der Waals surface area contributed by atoms with Crippen LogP contribution in [0.5, 0.6) is 11.5 Å². The number of aliphatic hydroxyl groups excluding tert-OH is 1. The number of anilines is 1. The van der Waals surface area contributed by atoms with E-state index < -0.39 is 41.2 Å². The molecule has 0 saturated heterocycles. The number of halogens is 3. The largest absolute Gasteiger partial charge is 0.586 e. The van der Waals surface area contributed by atoms with Crippen LogP contribution in [0.4, 0.5) is 18.9 Å². The molecule has 2 aliphatic heterocycles. The van der Waals surface area contributed by atoms with E-state index in [1.54, 1.807) is 12.1 Å². The molecule has 1 aliphatic carbocycles. The minimum absolute atomic E-state index is 0.0119. The number of nitrogens with zero attached hydrogens (tertiary/aromatic N) is 1. The SMILES string of the molecule is COC1O[C@@H](CO)Cn2c(cc3cc(NC(=O)C4(c5ccc6c(c5)OC(F)(F)O6)CC4)c(F)cc32)C1(C)C. The number of ether oxygens (including phenoxy) is 4. The average Bonchev–Trinajstić information content (AvgIpc) is 3.53. The number of hydrogen-bond donors (Lipinski definition) is 2. The summed E-state index contributed by atoms with van der Waals surface area (Å²) in [5.74, 6) is -1.31. The summed E-state index contributed by atoms with van der Waals surface area (Å²) in [7, 11) is 1.53. The monoisotopic (exact) mass is 532 g/mol. The molecular weight excluding hydrogens is 505 g/mol. The van der Waals surface area contributed by atoms with Crippen molar-refractivity contribution in [1.82, 2.24) is 4.57 Å². The summed E-state index contributed by atoms with van der Waals surface area (Å²) < 4.78 is 64.7. The molecule has 2 N–H and O–H groups in total. The molecule has 1 saturated carbocycles. The number of aromatic nitrogens is 1. The Balaban J connectivity index is 1.32. The molecular formula is C27H27F3N2O6. The van der Waals surface area contributed by atoms with Crippen LogP contribution in [0, 0.1) is 5.82 Å². The second-order valence-corrected chi connectivity index (χ2v) is 10.6. The van der Waals surface area contributed by atoms with Crippen LogP contribution in [0.2, 0.25) is 0 Å². The Morgan fingerprint density at radius 3 is 2.58 bits per heavy atom. The number of nitrogens with one attached hydrogen (secondary N) is 1. The van der Waals surface area contributed by atoms with Crippen molar-refractivity contribution in [2.45, 2.75) is 62.8 Å². The zero-order chi connectivity index (χ0) is 27.0. The van der Waals surface area contributed by atoms with Gasteiger partial charge in [0.2, 0.25) is 5.91 Å². The van der Waals surface area contributed by atoms with Crippen LogP contribution in [0.15, 0.2) is 36.4 Å². The van der Waals surface area contributed by atoms with Crippen molar-refractivity contribution in [3.63, 3.8) is 0 Å². The molecule has 8 nitrogen and oxygen atoms in total. The van der Waals surface area contributed by atoms with Crippen molar-refractivity contribution in [2.75, 3.05) is 19.0 Å². The summed E-state index contributed by atoms with van der Waals surface area (Å²) >= 11 is 0. The Kier molecular flexibility index (Phi) is 5.50. The van der Waals surface area contributed by atoms with Crippen molar-refractivity contribution in [3.05, 3.63) is 53.5 Å². The van der Waals surface area contributed by atoms with E-state index in [0.717, 1.165) is 5.69 Å². The normalized spacial score (nSPS) is 24.1. The zero-order valence-corrected chi connectivity index (χ0v) is 21.0. The number of benzene rings is 2. The van der Waals surface area contributed by atoms with E-state index >= 15 is 4.39 Å². The molecule has 0 radical (unpaired) electrons. The van der Waals surface area contributed by atoms with Crippen LogP contribution < -0.4 is 14.8 Å². The van der Waals surface area contributed by atoms with Crippen LogP contribution in [0.3, 0.4) is 0 Å². The third-order valence-corrected chi connectivity index (χ3v) is 7.75. The van der Waals surface area contributed by atoms with E-state index in [2.05, 4.69) is 14.8 Å². The molecule has 0 spiro atoms. The van der Waals surface area contributed by atoms with Crippen molar-refractivity contribution < 1.29 is 42.0 Å². The van der Waals surface area contributed by atoms with Crippen LogP contribution in [-0.2, 0) is 31.6 Å². The summed E-state index contributed by atoms with van der Waals surface area (Å²) in [5.41, 5.74) is 0.349. The Labute approximate surface area is 216 Å². The summed E-state index contributed by atoms with van der Waals surface area (Å²) in [4.78, 5) is 13.4. The Hall–Kier alpha value is -3.28. The van der Waals surface area contributed by atoms with E-state index in [1.165, 1.54) is 25.3 Å². The van der Waals surface area contributed by atoms with E-state index in [9.17, 15) is 18.7 Å². The van der Waals surface area contributed by atoms with Gasteiger partial charge in [0.05, 0.1) is 35.2 Å². The molecule has 2 aromatic carbocycles. The number of rotatable bonds is 5. The topological polar surface area (TPSA) is 91.2 Å². The average molecular weight is 533 g/mol. The molecule has 38 heavy (non-hydrogen) atoms. The standard InChI is InChI=1S/C27H27F3N2O6/c1-25(2)22-9-14-8-18(17(28)11-19(14)32(22)12-16(13-33)36-24(25)35-3)31-23(34)26(6-7-26)15-4-5-20-21(10-15)38-27(29,30)37-20/h4-5,8-11,16,24,33H,6-7,12-13H2,1-3H3,(H,31,34)/t16-,24?/m1/s1. The van der Waals surface area contributed by atoms with E-state index in [4.69, 9.17) is 9.47 Å². The molecule has 6 rings (SSSR count). The van der Waals surface area contributed by atoms with Gasteiger partial charge in [-0.05, 0) is 56.5 Å². The first kappa shape index (κ1) is 25.0. The van der Waals surface area contributed by atoms with Crippen LogP contribution in [0.25, 0.3) is 10.9 Å². The van der Waals surface area contributed by atoms with Gasteiger partial charge in [-0.15, -0.1) is 8.78 Å². The highest BCUT2D eigenvalue weighted by Crippen LogP contribution is 2.52. The number of methoxy groups -OCH3 is 1. The lowest BCUT2D eigenvalue weighted by molar-refractivity contribution is -0.286. The highest BCUT2D eigenvalue weighted by atomic mass is 19.3. The van der Waals surface area contributed by atoms with E-state index in [-0.39, 0.29) is 23.8 Å². The fourth-order valence-electron chi connectivity index (χ4n) is 5.53. The van der Waals surface area contributed by atoms with Crippen molar-refractivity contribution >= 4 is 22.5 Å². The molecule has 11 heteroatoms. The maximum atomic E-state index is 15.4. The molecule has 202 valence electrons. The van der Waals surface area contributed by atoms with Crippen molar-refractivity contribution in [3.8, 4) is 11.5 Å². The van der Waals surface area contributed by atoms with Crippen LogP contribution in [0.1, 0.15) is 37.9 Å². The van der Waals surface area contributed by atoms with Crippen molar-refractivity contribution in [1.29, 1.82) is 0 Å². The van der Waals surface area contributed by atoms with Gasteiger partial charge in [0.1, 0.15) is 11.9 Å². The molecule has 1 aromatic heterocycles. The number of carbonyl (C=O) groups excluding carboxylic acids is 1. The first-order chi connectivity index (χ1) is 18.0. The molecule has 1 unspecified atom stereocenters. The number of carbonyl (C=O) groups is 1. The minimum Gasteiger partial charge on any atom is -0.395 e. The van der Waals surface area contributed by atoms with Gasteiger partial charge in [0.15, 0.2) is 17.8 Å². The molecule has 1 fully saturated rings. The summed E-state index contributed by atoms with van der Waals surface area (Å²) in [6.45, 7) is 3.97. The predicted molar refractivity (Wildman–Crippen MR) is 130 cm³/mol. The van der Waals surface area contributed by atoms with Gasteiger partial charge in [-0.3, -0.25) is 4.79 Å². The van der Waals surface area contributed by atoms with Crippen LogP contribution in [-0.4, -0.2) is 48.0 Å². The van der Waals surface area contributed by atoms with Crippen LogP contribution >= 0.6 is 0 Å². The van der Waals surface area contributed by atoms with Gasteiger partial charge < -0.3 is 33.9 Å². The Morgan fingerprint density at radius 1 is 1.16 bits per heavy atom. The van der Waals surface area contributed by atoms with Gasteiger partial charge >= 0.3 is 6.29 Å². The third-order valence-electron chi connectivity index (χ3n) is 7.75. The van der Waals surface area contributed by atoms with Gasteiger partial charge in [0, 0.05) is 24.3 Å². The molecule has 3 aliphatic rings. The Morgan fingerprint density at radius 2 is 1.89 bits per heavy atom. The first-order valence-electron chi connectivity index (χ1n) is 12.3. The highest BCUT2D eigenvalue weighted by Gasteiger charge is 2.53. The van der Waals surface area contributed by atoms with Gasteiger partial charge in [-0.25, -0.2) is 4.39 Å². The molecule has 1 amide bonds. The van der Waals surface area contributed by atoms with E-state index in [1.807, 2.05) is 24.5 Å². The fraction of sp³-hybridized carbons (Fsp3) is 0.444. The third kappa shape index (κ3) is 3.83. The van der Waals surface area contributed by atoms with Crippen molar-refractivity contribution in [2.24, 2.45) is 0 Å². The number of hydrogen-bond acceptors (Lipinski definition) is 6. The van der Waals surface area contributed by atoms with Gasteiger partial charge in [-0.1, -0.05) is 6.07 Å². The smallest absolute Gasteiger partial charge is 0.395 e. The summed E-state index contributed by atoms with van der Waals surface area (Å²) in [5, 5.41) is 13.2. The second-order valence-electron chi connectivity index (χ2n) is 10.6. The number of alkyl halides is 2. The Bertz CT molecular complexity index is 1450. The van der Waals surface area contributed by atoms with Gasteiger partial charge in [0.25, 0.3) is 0 Å². The lowest BCUT2D eigenvalue weighted by Gasteiger charge is -2.32. The number of aliphatic hydroxyl groups is 1. The van der Waals surface area contributed by atoms with E-state index in [0.29, 0.717) is 35.9 Å². The quantitative estimate of drug-likeness (QED) is 0.506. The zero-order valence-electron chi connectivity index (χ0n) is 21.0. The first-order valence-corrected chi connectivity index (χ1v) is 12.3. The lowest BCUT2D eigenvalue weighted by Crippen LogP contribution is -2.39. The van der Waals surface area contributed by atoms with Gasteiger partial charge in [-0.2, -0.15) is 0 Å². The predicted octanol–water partition coefficient (Wildman–Crippen LogP) is 4.41. The molecule has 3 aromatic rings. The summed E-state index contributed by atoms with van der Waals surface area (Å²) in [6, 6.07) is 9.11. The number of fused-ring (bicyclic) bond motifs is 4. The maximum Gasteiger partial charge on any atom is 0.586 e. The lowest BCUT2D eigenvalue weighted by atomic mass is 9.88.